The molecule has 1 saturated carbocycles. The standard InChI is InChI=1S/C10H10BrF3N2O/c11-7-2-1-5(12)8(16-7)10(15,9(13)14)4-3-6(4)17/h1-2,4,6,9,17H,3,15H2. The Morgan fingerprint density at radius 2 is 2.12 bits per heavy atom. The Hall–Kier alpha value is -0.660. The molecule has 2 rings (SSSR count). The Labute approximate surface area is 104 Å². The summed E-state index contributed by atoms with van der Waals surface area (Å²) >= 11 is 2.98. The van der Waals surface area contributed by atoms with E-state index in [-0.39, 0.29) is 11.0 Å². The van der Waals surface area contributed by atoms with Crippen LogP contribution in [0.4, 0.5) is 13.2 Å². The van der Waals surface area contributed by atoms with E-state index < -0.39 is 35.5 Å². The lowest BCUT2D eigenvalue weighted by molar-refractivity contribution is 0.0234. The lowest BCUT2D eigenvalue weighted by atomic mass is 9.90. The summed E-state index contributed by atoms with van der Waals surface area (Å²) in [5, 5.41) is 9.26. The summed E-state index contributed by atoms with van der Waals surface area (Å²) in [7, 11) is 0. The number of nitrogens with zero attached hydrogens (tertiary/aromatic N) is 1. The van der Waals surface area contributed by atoms with E-state index in [0.717, 1.165) is 6.07 Å². The van der Waals surface area contributed by atoms with Crippen LogP contribution in [0.3, 0.4) is 0 Å². The van der Waals surface area contributed by atoms with E-state index >= 15 is 0 Å². The molecule has 3 unspecified atom stereocenters. The maximum Gasteiger partial charge on any atom is 0.262 e. The van der Waals surface area contributed by atoms with Gasteiger partial charge < -0.3 is 10.8 Å². The van der Waals surface area contributed by atoms with Gasteiger partial charge in [-0.2, -0.15) is 0 Å². The molecule has 1 aromatic rings. The topological polar surface area (TPSA) is 59.1 Å². The fraction of sp³-hybridized carbons (Fsp3) is 0.500. The Morgan fingerprint density at radius 1 is 1.53 bits per heavy atom. The molecule has 3 atom stereocenters. The van der Waals surface area contributed by atoms with Gasteiger partial charge in [0, 0.05) is 5.92 Å². The van der Waals surface area contributed by atoms with Gasteiger partial charge in [0.1, 0.15) is 21.7 Å². The van der Waals surface area contributed by atoms with Crippen LogP contribution in [0, 0.1) is 11.7 Å². The van der Waals surface area contributed by atoms with Crippen molar-refractivity contribution < 1.29 is 18.3 Å². The van der Waals surface area contributed by atoms with E-state index in [1.165, 1.54) is 6.07 Å². The van der Waals surface area contributed by atoms with Crippen molar-refractivity contribution >= 4 is 15.9 Å². The molecule has 3 nitrogen and oxygen atoms in total. The van der Waals surface area contributed by atoms with Crippen LogP contribution in [0.1, 0.15) is 12.1 Å². The number of hydrogen-bond donors (Lipinski definition) is 2. The Balaban J connectivity index is 2.49. The zero-order valence-corrected chi connectivity index (χ0v) is 10.2. The van der Waals surface area contributed by atoms with Gasteiger partial charge in [0.25, 0.3) is 6.43 Å². The molecule has 0 bridgehead atoms. The van der Waals surface area contributed by atoms with Crippen molar-refractivity contribution in [3.63, 3.8) is 0 Å². The predicted molar refractivity (Wildman–Crippen MR) is 57.9 cm³/mol. The average molecular weight is 311 g/mol. The smallest absolute Gasteiger partial charge is 0.262 e. The molecule has 17 heavy (non-hydrogen) atoms. The van der Waals surface area contributed by atoms with Gasteiger partial charge in [-0.05, 0) is 34.5 Å². The first-order chi connectivity index (χ1) is 7.87. The van der Waals surface area contributed by atoms with Crippen LogP contribution in [0.25, 0.3) is 0 Å². The summed E-state index contributed by atoms with van der Waals surface area (Å²) < 4.78 is 40.0. The van der Waals surface area contributed by atoms with Gasteiger partial charge in [0.15, 0.2) is 0 Å². The number of aliphatic hydroxyl groups excluding tert-OH is 1. The third kappa shape index (κ3) is 2.07. The SMILES string of the molecule is NC(c1nc(Br)ccc1F)(C(F)F)C1CC1O. The Bertz CT molecular complexity index is 446. The maximum absolute atomic E-state index is 13.6. The normalized spacial score (nSPS) is 27.0. The maximum atomic E-state index is 13.6. The van der Waals surface area contributed by atoms with Gasteiger partial charge in [-0.25, -0.2) is 18.2 Å². The zero-order valence-electron chi connectivity index (χ0n) is 8.58. The summed E-state index contributed by atoms with van der Waals surface area (Å²) in [4.78, 5) is 3.69. The lowest BCUT2D eigenvalue weighted by Gasteiger charge is -2.28. The van der Waals surface area contributed by atoms with Crippen LogP contribution in [0.5, 0.6) is 0 Å². The monoisotopic (exact) mass is 310 g/mol. The second kappa shape index (κ2) is 4.22. The van der Waals surface area contributed by atoms with Gasteiger partial charge in [0.2, 0.25) is 0 Å². The number of aliphatic hydroxyl groups is 1. The summed E-state index contributed by atoms with van der Waals surface area (Å²) in [5.41, 5.74) is 2.84. The molecular weight excluding hydrogens is 301 g/mol. The number of aromatic nitrogens is 1. The van der Waals surface area contributed by atoms with Crippen molar-refractivity contribution in [1.29, 1.82) is 0 Å². The van der Waals surface area contributed by atoms with E-state index in [0.29, 0.717) is 0 Å². The minimum Gasteiger partial charge on any atom is -0.393 e. The van der Waals surface area contributed by atoms with Gasteiger partial charge in [-0.1, -0.05) is 0 Å². The van der Waals surface area contributed by atoms with Crippen LogP contribution in [0.2, 0.25) is 0 Å². The molecule has 0 saturated heterocycles. The molecule has 0 spiro atoms. The molecule has 1 heterocycles. The highest BCUT2D eigenvalue weighted by Crippen LogP contribution is 2.47. The molecule has 1 aromatic heterocycles. The molecule has 1 fully saturated rings. The first kappa shape index (κ1) is 12.8. The predicted octanol–water partition coefficient (Wildman–Crippen LogP) is 1.78. The summed E-state index contributed by atoms with van der Waals surface area (Å²) in [6.07, 6.45) is -3.79. The Kier molecular flexibility index (Phi) is 3.17. The zero-order chi connectivity index (χ0) is 12.8. The Morgan fingerprint density at radius 3 is 2.59 bits per heavy atom. The third-order valence-electron chi connectivity index (χ3n) is 2.95. The summed E-state index contributed by atoms with van der Waals surface area (Å²) in [6.45, 7) is 0. The first-order valence-electron chi connectivity index (χ1n) is 4.95. The second-order valence-corrected chi connectivity index (χ2v) is 4.92. The van der Waals surface area contributed by atoms with E-state index in [1.807, 2.05) is 0 Å². The molecule has 0 amide bonds. The summed E-state index contributed by atoms with van der Waals surface area (Å²) in [6, 6.07) is 2.32. The molecule has 0 radical (unpaired) electrons. The van der Waals surface area contributed by atoms with Crippen LogP contribution in [-0.4, -0.2) is 22.6 Å². The highest BCUT2D eigenvalue weighted by Gasteiger charge is 2.58. The van der Waals surface area contributed by atoms with Gasteiger partial charge in [-0.15, -0.1) is 0 Å². The van der Waals surface area contributed by atoms with E-state index in [9.17, 15) is 18.3 Å². The van der Waals surface area contributed by atoms with Crippen LogP contribution < -0.4 is 5.73 Å². The van der Waals surface area contributed by atoms with Crippen molar-refractivity contribution in [1.82, 2.24) is 4.98 Å². The van der Waals surface area contributed by atoms with Crippen LogP contribution in [0.15, 0.2) is 16.7 Å². The van der Waals surface area contributed by atoms with Crippen LogP contribution in [-0.2, 0) is 5.54 Å². The molecule has 1 aliphatic carbocycles. The molecule has 1 aliphatic rings. The van der Waals surface area contributed by atoms with Gasteiger partial charge in [-0.3, -0.25) is 0 Å². The van der Waals surface area contributed by atoms with E-state index in [2.05, 4.69) is 20.9 Å². The summed E-state index contributed by atoms with van der Waals surface area (Å²) in [5.74, 6) is -1.76. The van der Waals surface area contributed by atoms with Crippen molar-refractivity contribution in [3.05, 3.63) is 28.2 Å². The quantitative estimate of drug-likeness (QED) is 0.837. The first-order valence-corrected chi connectivity index (χ1v) is 5.74. The molecule has 7 heteroatoms. The average Bonchev–Trinajstić information content (AvgIpc) is 2.98. The number of hydrogen-bond acceptors (Lipinski definition) is 3. The number of nitrogens with two attached hydrogens (primary N) is 1. The van der Waals surface area contributed by atoms with Crippen molar-refractivity contribution in [3.8, 4) is 0 Å². The van der Waals surface area contributed by atoms with Gasteiger partial charge in [0.05, 0.1) is 6.10 Å². The lowest BCUT2D eigenvalue weighted by Crippen LogP contribution is -2.48. The number of rotatable bonds is 3. The fourth-order valence-corrected chi connectivity index (χ4v) is 2.17. The number of pyridine rings is 1. The van der Waals surface area contributed by atoms with E-state index in [1.54, 1.807) is 0 Å². The minimum atomic E-state index is -3.00. The van der Waals surface area contributed by atoms with Gasteiger partial charge >= 0.3 is 0 Å². The van der Waals surface area contributed by atoms with Crippen molar-refractivity contribution in [2.45, 2.75) is 24.5 Å². The van der Waals surface area contributed by atoms with Crippen LogP contribution >= 0.6 is 15.9 Å². The molecule has 3 N–H and O–H groups in total. The fourth-order valence-electron chi connectivity index (χ4n) is 1.86. The highest BCUT2D eigenvalue weighted by atomic mass is 79.9. The molecule has 0 aromatic carbocycles. The number of halogens is 4. The van der Waals surface area contributed by atoms with Crippen molar-refractivity contribution in [2.24, 2.45) is 11.7 Å². The van der Waals surface area contributed by atoms with E-state index in [4.69, 9.17) is 5.73 Å². The second-order valence-electron chi connectivity index (χ2n) is 4.11. The number of alkyl halides is 2. The third-order valence-corrected chi connectivity index (χ3v) is 3.40. The molecule has 0 aliphatic heterocycles. The largest absolute Gasteiger partial charge is 0.393 e. The van der Waals surface area contributed by atoms with Crippen molar-refractivity contribution in [2.75, 3.05) is 0 Å². The minimum absolute atomic E-state index is 0.133. The molecule has 94 valence electrons. The highest BCUT2D eigenvalue weighted by molar-refractivity contribution is 9.10. The molecular formula is C10H10BrF3N2O.